The zero-order valence-electron chi connectivity index (χ0n) is 20.7. The van der Waals surface area contributed by atoms with Gasteiger partial charge in [-0.25, -0.2) is 4.79 Å². The molecule has 10 heteroatoms. The number of amides is 4. The third-order valence-electron chi connectivity index (χ3n) is 5.67. The lowest BCUT2D eigenvalue weighted by atomic mass is 10.0. The summed E-state index contributed by atoms with van der Waals surface area (Å²) in [6, 6.07) is 22.5. The molecular weight excluding hydrogens is 524 g/mol. The monoisotopic (exact) mass is 552 g/mol. The summed E-state index contributed by atoms with van der Waals surface area (Å²) in [5.74, 6) is -2.31. The molecular formula is C28H29ClN4O4S. The van der Waals surface area contributed by atoms with Gasteiger partial charge in [0.15, 0.2) is 5.37 Å². The van der Waals surface area contributed by atoms with Crippen LogP contribution in [-0.2, 0) is 27.5 Å². The third-order valence-corrected chi connectivity index (χ3v) is 6.36. The fourth-order valence-electron chi connectivity index (χ4n) is 3.55. The topological polar surface area (TPSA) is 116 Å². The maximum absolute atomic E-state index is 12.6. The van der Waals surface area contributed by atoms with E-state index in [2.05, 4.69) is 33.9 Å². The Bertz CT molecular complexity index is 1270. The number of nitrogens with one attached hydrogen (secondary N) is 4. The lowest BCUT2D eigenvalue weighted by Gasteiger charge is -2.19. The Kier molecular flexibility index (Phi) is 10.7. The maximum Gasteiger partial charge on any atom is 0.316 e. The second kappa shape index (κ2) is 14.2. The van der Waals surface area contributed by atoms with Crippen LogP contribution in [0.5, 0.6) is 0 Å². The van der Waals surface area contributed by atoms with Gasteiger partial charge in [-0.05, 0) is 29.2 Å². The molecule has 0 aliphatic heterocycles. The molecule has 0 aliphatic rings. The van der Waals surface area contributed by atoms with E-state index in [4.69, 9.17) is 11.6 Å². The molecule has 0 saturated heterocycles. The summed E-state index contributed by atoms with van der Waals surface area (Å²) < 4.78 is 0. The Morgan fingerprint density at radius 1 is 0.789 bits per heavy atom. The fourth-order valence-corrected chi connectivity index (χ4v) is 3.98. The molecule has 198 valence electrons. The van der Waals surface area contributed by atoms with Gasteiger partial charge in [0.25, 0.3) is 11.8 Å². The number of hydrogen-bond acceptors (Lipinski definition) is 5. The van der Waals surface area contributed by atoms with Crippen LogP contribution < -0.4 is 21.3 Å². The van der Waals surface area contributed by atoms with Gasteiger partial charge in [0, 0.05) is 23.7 Å². The summed E-state index contributed by atoms with van der Waals surface area (Å²) in [5.41, 5.74) is 3.51. The van der Waals surface area contributed by atoms with Crippen molar-refractivity contribution in [3.63, 3.8) is 0 Å². The van der Waals surface area contributed by atoms with E-state index in [1.807, 2.05) is 78.9 Å². The van der Waals surface area contributed by atoms with Crippen LogP contribution in [0.4, 0.5) is 4.79 Å². The van der Waals surface area contributed by atoms with Gasteiger partial charge in [-0.3, -0.25) is 14.4 Å². The molecule has 4 N–H and O–H groups in total. The summed E-state index contributed by atoms with van der Waals surface area (Å²) in [5, 5.41) is 9.50. The first kappa shape index (κ1) is 28.7. The summed E-state index contributed by atoms with van der Waals surface area (Å²) in [6.07, 6.45) is 0.186. The zero-order valence-corrected chi connectivity index (χ0v) is 22.4. The number of benzene rings is 3. The van der Waals surface area contributed by atoms with Gasteiger partial charge in [-0.1, -0.05) is 91.3 Å². The second-order valence-corrected chi connectivity index (χ2v) is 9.33. The summed E-state index contributed by atoms with van der Waals surface area (Å²) in [7, 11) is 0. The van der Waals surface area contributed by atoms with E-state index < -0.39 is 35.0 Å². The average Bonchev–Trinajstić information content (AvgIpc) is 2.94. The quantitative estimate of drug-likeness (QED) is 0.141. The van der Waals surface area contributed by atoms with Crippen molar-refractivity contribution in [3.8, 4) is 11.1 Å². The third kappa shape index (κ3) is 8.36. The van der Waals surface area contributed by atoms with Gasteiger partial charge >= 0.3 is 6.03 Å². The number of ketones is 1. The van der Waals surface area contributed by atoms with Crippen molar-refractivity contribution in [1.82, 2.24) is 21.3 Å². The molecule has 0 heterocycles. The highest BCUT2D eigenvalue weighted by molar-refractivity contribution is 7.81. The zero-order chi connectivity index (χ0) is 27.5. The van der Waals surface area contributed by atoms with Gasteiger partial charge in [0.2, 0.25) is 5.78 Å². The molecule has 3 aromatic rings. The first-order chi connectivity index (χ1) is 18.3. The van der Waals surface area contributed by atoms with E-state index in [1.165, 1.54) is 0 Å². The van der Waals surface area contributed by atoms with E-state index >= 15 is 0 Å². The fraction of sp³-hybridized carbons (Fsp3) is 0.214. The van der Waals surface area contributed by atoms with Crippen LogP contribution in [0.2, 0.25) is 5.02 Å². The Hall–Kier alpha value is -3.82. The van der Waals surface area contributed by atoms with Crippen LogP contribution in [0.15, 0.2) is 78.9 Å². The van der Waals surface area contributed by atoms with Crippen LogP contribution in [0.3, 0.4) is 0 Å². The number of carbonyl (C=O) groups is 4. The van der Waals surface area contributed by atoms with E-state index in [-0.39, 0.29) is 19.5 Å². The van der Waals surface area contributed by atoms with E-state index in [1.54, 1.807) is 6.92 Å². The van der Waals surface area contributed by atoms with Crippen molar-refractivity contribution < 1.29 is 19.2 Å². The van der Waals surface area contributed by atoms with Crippen LogP contribution >= 0.6 is 24.2 Å². The molecule has 0 aromatic heterocycles. The minimum absolute atomic E-state index is 0.135. The van der Waals surface area contributed by atoms with E-state index in [0.717, 1.165) is 22.3 Å². The number of rotatable bonds is 11. The van der Waals surface area contributed by atoms with Gasteiger partial charge in [-0.15, -0.1) is 12.6 Å². The molecule has 0 aliphatic carbocycles. The largest absolute Gasteiger partial charge is 0.345 e. The first-order valence-corrected chi connectivity index (χ1v) is 12.9. The molecule has 0 bridgehead atoms. The lowest BCUT2D eigenvalue weighted by molar-refractivity contribution is -0.140. The van der Waals surface area contributed by atoms with Crippen molar-refractivity contribution in [3.05, 3.63) is 95.0 Å². The van der Waals surface area contributed by atoms with Crippen molar-refractivity contribution in [1.29, 1.82) is 0 Å². The number of thiol groups is 1. The van der Waals surface area contributed by atoms with Gasteiger partial charge in [0.05, 0.1) is 6.04 Å². The molecule has 0 fully saturated rings. The molecule has 0 radical (unpaired) electrons. The number of halogens is 1. The van der Waals surface area contributed by atoms with Crippen LogP contribution in [0.25, 0.3) is 11.1 Å². The predicted molar refractivity (Wildman–Crippen MR) is 151 cm³/mol. The molecule has 0 spiro atoms. The first-order valence-electron chi connectivity index (χ1n) is 12.0. The molecule has 38 heavy (non-hydrogen) atoms. The van der Waals surface area contributed by atoms with Crippen LogP contribution in [-0.4, -0.2) is 35.0 Å². The highest BCUT2D eigenvalue weighted by atomic mass is 35.5. The average molecular weight is 553 g/mol. The number of Topliss-reactive ketones (excluding diaryl/α,β-unsaturated/α-hetero) is 1. The molecule has 8 nitrogen and oxygen atoms in total. The maximum atomic E-state index is 12.6. The van der Waals surface area contributed by atoms with Crippen LogP contribution in [0.1, 0.15) is 24.5 Å². The Morgan fingerprint density at radius 2 is 1.39 bits per heavy atom. The van der Waals surface area contributed by atoms with Crippen molar-refractivity contribution in [2.24, 2.45) is 0 Å². The SMILES string of the molecule is CCC(NC(=O)C(S)NC(=O)NCc1ccccc1)C(=O)C(=O)NCc1ccc(-c2ccccc2Cl)cc1. The van der Waals surface area contributed by atoms with E-state index in [9.17, 15) is 19.2 Å². The minimum atomic E-state index is -1.22. The normalized spacial score (nSPS) is 12.1. The molecule has 2 atom stereocenters. The molecule has 0 saturated carbocycles. The Labute approximate surface area is 231 Å². The molecule has 3 rings (SSSR count). The Morgan fingerprint density at radius 3 is 2.05 bits per heavy atom. The highest BCUT2D eigenvalue weighted by Gasteiger charge is 2.27. The van der Waals surface area contributed by atoms with Gasteiger partial charge < -0.3 is 21.3 Å². The van der Waals surface area contributed by atoms with Crippen molar-refractivity contribution in [2.45, 2.75) is 37.8 Å². The second-order valence-electron chi connectivity index (χ2n) is 8.41. The smallest absolute Gasteiger partial charge is 0.316 e. The summed E-state index contributed by atoms with van der Waals surface area (Å²) in [4.78, 5) is 49.7. The number of hydrogen-bond donors (Lipinski definition) is 5. The number of carbonyl (C=O) groups excluding carboxylic acids is 4. The molecule has 4 amide bonds. The molecule has 3 aromatic carbocycles. The van der Waals surface area contributed by atoms with Crippen molar-refractivity contribution in [2.75, 3.05) is 0 Å². The van der Waals surface area contributed by atoms with Gasteiger partial charge in [0.1, 0.15) is 0 Å². The minimum Gasteiger partial charge on any atom is -0.345 e. The Balaban J connectivity index is 1.46. The standard InChI is InChI=1S/C28H29ClN4O4S/c1-2-23(32-26(36)27(38)33-28(37)31-17-18-8-4-3-5-9-18)24(34)25(35)30-16-19-12-14-20(15-13-19)21-10-6-7-11-22(21)29/h3-15,23,27,38H,2,16-17H2,1H3,(H,30,35)(H,32,36)(H2,31,33,37). The van der Waals surface area contributed by atoms with Crippen molar-refractivity contribution >= 4 is 47.9 Å². The van der Waals surface area contributed by atoms with Crippen LogP contribution in [0, 0.1) is 0 Å². The molecule has 2 unspecified atom stereocenters. The summed E-state index contributed by atoms with van der Waals surface area (Å²) >= 11 is 10.3. The number of urea groups is 1. The summed E-state index contributed by atoms with van der Waals surface area (Å²) in [6.45, 7) is 2.07. The predicted octanol–water partition coefficient (Wildman–Crippen LogP) is 3.84. The lowest BCUT2D eigenvalue weighted by Crippen LogP contribution is -2.53. The highest BCUT2D eigenvalue weighted by Crippen LogP contribution is 2.27. The van der Waals surface area contributed by atoms with Gasteiger partial charge in [-0.2, -0.15) is 0 Å². The van der Waals surface area contributed by atoms with E-state index in [0.29, 0.717) is 5.02 Å².